The van der Waals surface area contributed by atoms with Crippen LogP contribution < -0.4 is 10.9 Å². The number of fused-ring (bicyclic) bond motifs is 1. The van der Waals surface area contributed by atoms with Crippen LogP contribution >= 0.6 is 0 Å². The minimum atomic E-state index is -0.780. The Labute approximate surface area is 169 Å². The standard InChI is InChI=1S/C19H17N7O4/c1-11(2)14(18-23-16(24-30-18)12-6-5-8-20-10-12)22-17-15(26(28)29)19(27)25-9-4-3-7-13(25)21-17/h3-11,14,22H,1-2H3. The molecule has 0 saturated carbocycles. The number of nitrogens with zero attached hydrogens (tertiary/aromatic N) is 6. The topological polar surface area (TPSA) is 141 Å². The van der Waals surface area contributed by atoms with Crippen molar-refractivity contribution < 1.29 is 9.45 Å². The van der Waals surface area contributed by atoms with Gasteiger partial charge in [0.15, 0.2) is 0 Å². The van der Waals surface area contributed by atoms with Crippen LogP contribution in [-0.2, 0) is 0 Å². The van der Waals surface area contributed by atoms with Crippen molar-refractivity contribution in [1.29, 1.82) is 0 Å². The van der Waals surface area contributed by atoms with E-state index in [9.17, 15) is 14.9 Å². The summed E-state index contributed by atoms with van der Waals surface area (Å²) < 4.78 is 6.53. The highest BCUT2D eigenvalue weighted by molar-refractivity contribution is 5.60. The Morgan fingerprint density at radius 1 is 1.20 bits per heavy atom. The van der Waals surface area contributed by atoms with Crippen molar-refractivity contribution in [1.82, 2.24) is 24.5 Å². The maximum absolute atomic E-state index is 12.7. The average molecular weight is 407 g/mol. The van der Waals surface area contributed by atoms with Gasteiger partial charge >= 0.3 is 11.2 Å². The quantitative estimate of drug-likeness (QED) is 0.377. The second-order valence-corrected chi connectivity index (χ2v) is 6.86. The van der Waals surface area contributed by atoms with Gasteiger partial charge in [0, 0.05) is 24.2 Å². The molecule has 1 atom stereocenters. The number of rotatable bonds is 6. The molecule has 0 amide bonds. The van der Waals surface area contributed by atoms with Crippen LogP contribution in [0.3, 0.4) is 0 Å². The lowest BCUT2D eigenvalue weighted by Crippen LogP contribution is -2.24. The molecule has 0 bridgehead atoms. The van der Waals surface area contributed by atoms with Crippen molar-refractivity contribution in [3.63, 3.8) is 0 Å². The van der Waals surface area contributed by atoms with Crippen molar-refractivity contribution in [2.24, 2.45) is 5.92 Å². The van der Waals surface area contributed by atoms with E-state index in [2.05, 4.69) is 25.4 Å². The van der Waals surface area contributed by atoms with Crippen LogP contribution in [-0.4, -0.2) is 29.4 Å². The van der Waals surface area contributed by atoms with Crippen LogP contribution in [0.5, 0.6) is 0 Å². The van der Waals surface area contributed by atoms with Gasteiger partial charge in [-0.2, -0.15) is 4.98 Å². The highest BCUT2D eigenvalue weighted by atomic mass is 16.6. The number of pyridine rings is 2. The van der Waals surface area contributed by atoms with E-state index >= 15 is 0 Å². The first-order valence-corrected chi connectivity index (χ1v) is 9.12. The molecule has 0 spiro atoms. The first kappa shape index (κ1) is 19.2. The number of hydrogen-bond donors (Lipinski definition) is 1. The first-order valence-electron chi connectivity index (χ1n) is 9.12. The Hall–Kier alpha value is -4.15. The number of hydrogen-bond acceptors (Lipinski definition) is 9. The predicted octanol–water partition coefficient (Wildman–Crippen LogP) is 2.86. The maximum Gasteiger partial charge on any atom is 0.376 e. The number of aromatic nitrogens is 5. The highest BCUT2D eigenvalue weighted by Gasteiger charge is 2.30. The lowest BCUT2D eigenvalue weighted by molar-refractivity contribution is -0.385. The maximum atomic E-state index is 12.7. The van der Waals surface area contributed by atoms with Crippen LogP contribution in [0.2, 0.25) is 0 Å². The van der Waals surface area contributed by atoms with Gasteiger partial charge in [-0.1, -0.05) is 25.1 Å². The third-order valence-electron chi connectivity index (χ3n) is 4.48. The molecule has 4 aromatic heterocycles. The van der Waals surface area contributed by atoms with Crippen LogP contribution in [0.25, 0.3) is 17.0 Å². The van der Waals surface area contributed by atoms with Crippen LogP contribution in [0, 0.1) is 16.0 Å². The molecule has 4 rings (SSSR count). The van der Waals surface area contributed by atoms with Gasteiger partial charge in [0.1, 0.15) is 11.7 Å². The fraction of sp³-hybridized carbons (Fsp3) is 0.211. The predicted molar refractivity (Wildman–Crippen MR) is 107 cm³/mol. The van der Waals surface area contributed by atoms with Crippen molar-refractivity contribution in [2.75, 3.05) is 5.32 Å². The normalized spacial score (nSPS) is 12.2. The van der Waals surface area contributed by atoms with E-state index < -0.39 is 22.2 Å². The fourth-order valence-corrected chi connectivity index (χ4v) is 2.98. The smallest absolute Gasteiger partial charge is 0.352 e. The Morgan fingerprint density at radius 2 is 2.03 bits per heavy atom. The molecular weight excluding hydrogens is 390 g/mol. The molecule has 11 heteroatoms. The van der Waals surface area contributed by atoms with Crippen LogP contribution in [0.1, 0.15) is 25.8 Å². The molecule has 0 aliphatic rings. The minimum absolute atomic E-state index is 0.108. The lowest BCUT2D eigenvalue weighted by Gasteiger charge is -2.19. The zero-order valence-corrected chi connectivity index (χ0v) is 16.1. The molecule has 152 valence electrons. The molecule has 11 nitrogen and oxygen atoms in total. The summed E-state index contributed by atoms with van der Waals surface area (Å²) in [6.07, 6.45) is 4.66. The van der Waals surface area contributed by atoms with Gasteiger partial charge in [0.25, 0.3) is 0 Å². The molecule has 1 unspecified atom stereocenters. The summed E-state index contributed by atoms with van der Waals surface area (Å²) in [5, 5.41) is 18.6. The summed E-state index contributed by atoms with van der Waals surface area (Å²) in [5.41, 5.74) is -0.490. The Bertz CT molecular complexity index is 1270. The highest BCUT2D eigenvalue weighted by Crippen LogP contribution is 2.29. The van der Waals surface area contributed by atoms with Crippen molar-refractivity contribution >= 4 is 17.2 Å². The molecular formula is C19H17N7O4. The summed E-state index contributed by atoms with van der Waals surface area (Å²) >= 11 is 0. The zero-order valence-electron chi connectivity index (χ0n) is 16.1. The molecule has 0 aliphatic carbocycles. The van der Waals surface area contributed by atoms with E-state index in [0.717, 1.165) is 4.40 Å². The zero-order chi connectivity index (χ0) is 21.3. The lowest BCUT2D eigenvalue weighted by atomic mass is 10.0. The second-order valence-electron chi connectivity index (χ2n) is 6.86. The molecule has 0 aromatic carbocycles. The van der Waals surface area contributed by atoms with Crippen LogP contribution in [0.15, 0.2) is 58.2 Å². The monoisotopic (exact) mass is 407 g/mol. The van der Waals surface area contributed by atoms with E-state index in [1.807, 2.05) is 13.8 Å². The van der Waals surface area contributed by atoms with Crippen molar-refractivity contribution in [3.05, 3.63) is 75.3 Å². The first-order chi connectivity index (χ1) is 14.5. The molecule has 0 aliphatic heterocycles. The average Bonchev–Trinajstić information content (AvgIpc) is 3.22. The molecule has 0 radical (unpaired) electrons. The van der Waals surface area contributed by atoms with E-state index in [0.29, 0.717) is 11.4 Å². The van der Waals surface area contributed by atoms with E-state index in [-0.39, 0.29) is 23.3 Å². The van der Waals surface area contributed by atoms with E-state index in [4.69, 9.17) is 4.52 Å². The molecule has 0 saturated heterocycles. The van der Waals surface area contributed by atoms with Gasteiger partial charge in [-0.25, -0.2) is 4.98 Å². The van der Waals surface area contributed by atoms with Gasteiger partial charge < -0.3 is 9.84 Å². The second kappa shape index (κ2) is 7.70. The van der Waals surface area contributed by atoms with Gasteiger partial charge in [-0.15, -0.1) is 0 Å². The van der Waals surface area contributed by atoms with E-state index in [1.165, 1.54) is 6.20 Å². The molecule has 1 N–H and O–H groups in total. The third-order valence-corrected chi connectivity index (χ3v) is 4.48. The summed E-state index contributed by atoms with van der Waals surface area (Å²) in [5.74, 6) is 0.290. The molecule has 4 aromatic rings. The molecule has 4 heterocycles. The SMILES string of the molecule is CC(C)C(Nc1nc2ccccn2c(=O)c1[N+](=O)[O-])c1nc(-c2cccnc2)no1. The number of anilines is 1. The summed E-state index contributed by atoms with van der Waals surface area (Å²) in [6.45, 7) is 3.76. The van der Waals surface area contributed by atoms with E-state index in [1.54, 1.807) is 42.7 Å². The van der Waals surface area contributed by atoms with Crippen LogP contribution in [0.4, 0.5) is 11.5 Å². The fourth-order valence-electron chi connectivity index (χ4n) is 2.98. The van der Waals surface area contributed by atoms with Gasteiger partial charge in [0.05, 0.1) is 4.92 Å². The largest absolute Gasteiger partial charge is 0.376 e. The number of nitro groups is 1. The Kier molecular flexibility index (Phi) is 4.92. The summed E-state index contributed by atoms with van der Waals surface area (Å²) in [4.78, 5) is 36.2. The van der Waals surface area contributed by atoms with Gasteiger partial charge in [-0.3, -0.25) is 24.3 Å². The summed E-state index contributed by atoms with van der Waals surface area (Å²) in [6, 6.07) is 7.81. The van der Waals surface area contributed by atoms with Gasteiger partial charge in [-0.05, 0) is 30.2 Å². The third kappa shape index (κ3) is 3.48. The van der Waals surface area contributed by atoms with Crippen molar-refractivity contribution in [2.45, 2.75) is 19.9 Å². The number of nitrogens with one attached hydrogen (secondary N) is 1. The van der Waals surface area contributed by atoms with Gasteiger partial charge in [0.2, 0.25) is 17.5 Å². The minimum Gasteiger partial charge on any atom is -0.352 e. The van der Waals surface area contributed by atoms with Crippen molar-refractivity contribution in [3.8, 4) is 11.4 Å². The Morgan fingerprint density at radius 3 is 2.73 bits per heavy atom. The Balaban J connectivity index is 1.77. The molecule has 30 heavy (non-hydrogen) atoms. The molecule has 0 fully saturated rings. The summed E-state index contributed by atoms with van der Waals surface area (Å²) in [7, 11) is 0.